The van der Waals surface area contributed by atoms with E-state index in [9.17, 15) is 4.79 Å². The highest BCUT2D eigenvalue weighted by molar-refractivity contribution is 5.75. The second-order valence-corrected chi connectivity index (χ2v) is 5.03. The van der Waals surface area contributed by atoms with E-state index in [2.05, 4.69) is 16.9 Å². The smallest absolute Gasteiger partial charge is 0.151 e. The lowest BCUT2D eigenvalue weighted by Gasteiger charge is -2.18. The monoisotopic (exact) mass is 243 g/mol. The molecule has 1 aliphatic rings. The summed E-state index contributed by atoms with van der Waals surface area (Å²) >= 11 is 0. The van der Waals surface area contributed by atoms with Gasteiger partial charge in [-0.15, -0.1) is 0 Å². The van der Waals surface area contributed by atoms with Gasteiger partial charge in [0.25, 0.3) is 0 Å². The van der Waals surface area contributed by atoms with Crippen LogP contribution in [0.2, 0.25) is 0 Å². The summed E-state index contributed by atoms with van der Waals surface area (Å²) in [5.41, 5.74) is 1.75. The zero-order valence-electron chi connectivity index (χ0n) is 10.5. The molecule has 3 rings (SSSR count). The van der Waals surface area contributed by atoms with E-state index in [1.54, 1.807) is 0 Å². The van der Waals surface area contributed by atoms with Crippen molar-refractivity contribution in [2.24, 2.45) is 0 Å². The quantitative estimate of drug-likeness (QED) is 0.771. The van der Waals surface area contributed by atoms with Gasteiger partial charge < -0.3 is 9.30 Å². The number of carbonyl (C=O) groups is 1. The van der Waals surface area contributed by atoms with E-state index >= 15 is 0 Å². The molecule has 0 amide bonds. The Bertz CT molecular complexity index is 575. The van der Waals surface area contributed by atoms with Crippen LogP contribution in [0.4, 0.5) is 0 Å². The topological polar surface area (TPSA) is 37.6 Å². The molecule has 0 aliphatic carbocycles. The van der Waals surface area contributed by atoms with Crippen LogP contribution in [0, 0.1) is 0 Å². The fourth-order valence-electron chi connectivity index (χ4n) is 2.73. The van der Waals surface area contributed by atoms with Gasteiger partial charge in [0.2, 0.25) is 0 Å². The highest BCUT2D eigenvalue weighted by atomic mass is 16.1. The van der Waals surface area contributed by atoms with Crippen LogP contribution in [0.3, 0.4) is 0 Å². The van der Waals surface area contributed by atoms with Crippen LogP contribution in [0.15, 0.2) is 24.5 Å². The van der Waals surface area contributed by atoms with Gasteiger partial charge >= 0.3 is 0 Å². The molecule has 4 nitrogen and oxygen atoms in total. The Hall–Kier alpha value is -1.68. The molecule has 4 heteroatoms. The Morgan fingerprint density at radius 1 is 1.50 bits per heavy atom. The molecule has 3 heterocycles. The Kier molecular flexibility index (Phi) is 2.88. The summed E-state index contributed by atoms with van der Waals surface area (Å²) in [6.45, 7) is 1.17. The number of hydrogen-bond donors (Lipinski definition) is 0. The van der Waals surface area contributed by atoms with Crippen molar-refractivity contribution >= 4 is 11.8 Å². The first kappa shape index (κ1) is 11.4. The normalized spacial score (nSPS) is 20.6. The largest absolute Gasteiger partial charge is 0.303 e. The second kappa shape index (κ2) is 4.53. The van der Waals surface area contributed by atoms with Gasteiger partial charge in [0.1, 0.15) is 5.82 Å². The first-order valence-corrected chi connectivity index (χ1v) is 6.39. The molecule has 0 saturated carbocycles. The van der Waals surface area contributed by atoms with Gasteiger partial charge in [-0.1, -0.05) is 0 Å². The number of carbonyl (C=O) groups excluding carboxylic acids is 1. The maximum Gasteiger partial charge on any atom is 0.151 e. The lowest BCUT2D eigenvalue weighted by molar-refractivity contribution is 0.112. The second-order valence-electron chi connectivity index (χ2n) is 5.03. The van der Waals surface area contributed by atoms with E-state index in [-0.39, 0.29) is 0 Å². The van der Waals surface area contributed by atoms with E-state index in [0.717, 1.165) is 24.0 Å². The van der Waals surface area contributed by atoms with Crippen molar-refractivity contribution in [3.05, 3.63) is 35.9 Å². The van der Waals surface area contributed by atoms with Gasteiger partial charge in [-0.3, -0.25) is 4.79 Å². The Morgan fingerprint density at radius 2 is 2.39 bits per heavy atom. The van der Waals surface area contributed by atoms with Gasteiger partial charge in [0, 0.05) is 24.2 Å². The van der Waals surface area contributed by atoms with Gasteiger partial charge in [0.05, 0.1) is 11.7 Å². The molecule has 1 atom stereocenters. The predicted molar refractivity (Wildman–Crippen MR) is 69.9 cm³/mol. The molecule has 1 saturated heterocycles. The number of likely N-dealkylation sites (N-methyl/N-ethyl adjacent to an activating group) is 1. The first-order valence-electron chi connectivity index (χ1n) is 6.39. The summed E-state index contributed by atoms with van der Waals surface area (Å²) in [7, 11) is 2.17. The third kappa shape index (κ3) is 1.93. The molecule has 0 radical (unpaired) electrons. The van der Waals surface area contributed by atoms with Crippen molar-refractivity contribution in [3.63, 3.8) is 0 Å². The molecule has 0 spiro atoms. The molecule has 0 aromatic carbocycles. The Balaban J connectivity index is 1.93. The zero-order chi connectivity index (χ0) is 12.5. The van der Waals surface area contributed by atoms with Gasteiger partial charge in [-0.25, -0.2) is 4.98 Å². The third-order valence-corrected chi connectivity index (χ3v) is 3.85. The number of aldehydes is 1. The fraction of sp³-hybridized carbons (Fsp3) is 0.429. The molecule has 1 unspecified atom stereocenters. The van der Waals surface area contributed by atoms with Crippen LogP contribution >= 0.6 is 0 Å². The molecule has 2 aromatic rings. The molecule has 0 N–H and O–H groups in total. The fourth-order valence-corrected chi connectivity index (χ4v) is 2.73. The van der Waals surface area contributed by atoms with Crippen molar-refractivity contribution in [1.82, 2.24) is 14.3 Å². The average molecular weight is 243 g/mol. The van der Waals surface area contributed by atoms with Crippen LogP contribution in [-0.2, 0) is 6.42 Å². The summed E-state index contributed by atoms with van der Waals surface area (Å²) in [6, 6.07) is 4.35. The van der Waals surface area contributed by atoms with Crippen molar-refractivity contribution in [3.8, 4) is 0 Å². The van der Waals surface area contributed by atoms with E-state index < -0.39 is 0 Å². The van der Waals surface area contributed by atoms with Crippen LogP contribution in [0.25, 0.3) is 5.52 Å². The minimum absolute atomic E-state index is 0.579. The third-order valence-electron chi connectivity index (χ3n) is 3.85. The average Bonchev–Trinajstić information content (AvgIpc) is 2.97. The lowest BCUT2D eigenvalue weighted by atomic mass is 10.1. The summed E-state index contributed by atoms with van der Waals surface area (Å²) in [5, 5.41) is 0. The maximum absolute atomic E-state index is 10.8. The number of fused-ring (bicyclic) bond motifs is 1. The van der Waals surface area contributed by atoms with Crippen molar-refractivity contribution in [1.29, 1.82) is 0 Å². The summed E-state index contributed by atoms with van der Waals surface area (Å²) in [5.74, 6) is 1.05. The summed E-state index contributed by atoms with van der Waals surface area (Å²) < 4.78 is 2.04. The summed E-state index contributed by atoms with van der Waals surface area (Å²) in [6.07, 6.45) is 8.08. The zero-order valence-corrected chi connectivity index (χ0v) is 10.5. The van der Waals surface area contributed by atoms with Crippen LogP contribution in [-0.4, -0.2) is 40.2 Å². The van der Waals surface area contributed by atoms with E-state index in [0.29, 0.717) is 11.6 Å². The number of nitrogens with zero attached hydrogens (tertiary/aromatic N) is 3. The summed E-state index contributed by atoms with van der Waals surface area (Å²) in [4.78, 5) is 17.7. The Labute approximate surface area is 106 Å². The van der Waals surface area contributed by atoms with Crippen LogP contribution < -0.4 is 0 Å². The number of hydrogen-bond acceptors (Lipinski definition) is 3. The Morgan fingerprint density at radius 3 is 3.11 bits per heavy atom. The number of likely N-dealkylation sites (tertiary alicyclic amines) is 1. The standard InChI is InChI=1S/C14H17N3O/c1-16-6-2-3-12(16)7-14-15-8-13-5-4-11(10-18)9-17(13)14/h4-5,8-10,12H,2-3,6-7H2,1H3. The van der Waals surface area contributed by atoms with E-state index in [1.807, 2.05) is 28.9 Å². The van der Waals surface area contributed by atoms with Crippen LogP contribution in [0.1, 0.15) is 29.0 Å². The molecule has 94 valence electrons. The van der Waals surface area contributed by atoms with E-state index in [1.165, 1.54) is 19.4 Å². The van der Waals surface area contributed by atoms with Crippen molar-refractivity contribution in [2.75, 3.05) is 13.6 Å². The van der Waals surface area contributed by atoms with Gasteiger partial charge in [-0.2, -0.15) is 0 Å². The predicted octanol–water partition coefficient (Wildman–Crippen LogP) is 1.78. The lowest BCUT2D eigenvalue weighted by Crippen LogP contribution is -2.27. The minimum Gasteiger partial charge on any atom is -0.303 e. The first-order chi connectivity index (χ1) is 8.78. The van der Waals surface area contributed by atoms with Crippen LogP contribution in [0.5, 0.6) is 0 Å². The SMILES string of the molecule is CN1CCCC1Cc1ncc2ccc(C=O)cn12. The molecule has 1 aliphatic heterocycles. The molecular formula is C14H17N3O. The molecule has 18 heavy (non-hydrogen) atoms. The number of imidazole rings is 1. The van der Waals surface area contributed by atoms with Gasteiger partial charge in [-0.05, 0) is 38.6 Å². The molecule has 1 fully saturated rings. The number of rotatable bonds is 3. The highest BCUT2D eigenvalue weighted by Crippen LogP contribution is 2.19. The number of aromatic nitrogens is 2. The molecule has 0 bridgehead atoms. The van der Waals surface area contributed by atoms with Crippen molar-refractivity contribution in [2.45, 2.75) is 25.3 Å². The minimum atomic E-state index is 0.579. The number of pyridine rings is 1. The molecule has 2 aromatic heterocycles. The van der Waals surface area contributed by atoms with Crippen molar-refractivity contribution < 1.29 is 4.79 Å². The highest BCUT2D eigenvalue weighted by Gasteiger charge is 2.22. The molecular weight excluding hydrogens is 226 g/mol. The van der Waals surface area contributed by atoms with E-state index in [4.69, 9.17) is 0 Å². The van der Waals surface area contributed by atoms with Gasteiger partial charge in [0.15, 0.2) is 6.29 Å². The maximum atomic E-state index is 10.8.